The molecule has 0 fully saturated rings. The fourth-order valence-electron chi connectivity index (χ4n) is 2.94. The summed E-state index contributed by atoms with van der Waals surface area (Å²) in [5.74, 6) is 0.788. The van der Waals surface area contributed by atoms with Crippen LogP contribution in [-0.4, -0.2) is 31.0 Å². The molecule has 1 heterocycles. The van der Waals surface area contributed by atoms with Crippen molar-refractivity contribution in [2.24, 2.45) is 10.7 Å². The number of aliphatic imine (C=N–C) groups is 1. The average molecular weight is 534 g/mol. The van der Waals surface area contributed by atoms with Crippen LogP contribution in [0.4, 0.5) is 13.2 Å². The molecule has 1 aromatic heterocycles. The smallest absolute Gasteiger partial charge is 0.496 e. The van der Waals surface area contributed by atoms with Crippen LogP contribution in [0, 0.1) is 0 Å². The first-order valence-electron chi connectivity index (χ1n) is 8.87. The van der Waals surface area contributed by atoms with Gasteiger partial charge >= 0.3 is 6.36 Å². The first kappa shape index (κ1) is 23.6. The highest BCUT2D eigenvalue weighted by molar-refractivity contribution is 14.0. The molecule has 162 valence electrons. The van der Waals surface area contributed by atoms with E-state index < -0.39 is 6.36 Å². The third-order valence-electron chi connectivity index (χ3n) is 4.26. The number of aromatic nitrogens is 1. The highest BCUT2D eigenvalue weighted by Crippen LogP contribution is 2.28. The largest absolute Gasteiger partial charge is 0.573 e. The van der Waals surface area contributed by atoms with E-state index in [1.807, 2.05) is 24.4 Å². The fraction of sp³-hybridized carbons (Fsp3) is 0.250. The first-order valence-corrected chi connectivity index (χ1v) is 8.87. The quantitative estimate of drug-likeness (QED) is 0.239. The molecule has 0 amide bonds. The lowest BCUT2D eigenvalue weighted by atomic mass is 10.1. The molecule has 0 atom stereocenters. The lowest BCUT2D eigenvalue weighted by Crippen LogP contribution is -2.33. The fourth-order valence-corrected chi connectivity index (χ4v) is 2.94. The molecule has 0 bridgehead atoms. The van der Waals surface area contributed by atoms with Crippen molar-refractivity contribution >= 4 is 40.8 Å². The van der Waals surface area contributed by atoms with Crippen molar-refractivity contribution in [2.75, 3.05) is 13.7 Å². The summed E-state index contributed by atoms with van der Waals surface area (Å²) in [4.78, 5) is 7.42. The number of nitrogens with zero attached hydrogens (tertiary/aromatic N) is 1. The molecule has 0 aliphatic heterocycles. The maximum Gasteiger partial charge on any atom is 0.573 e. The van der Waals surface area contributed by atoms with Crippen LogP contribution in [0.1, 0.15) is 11.1 Å². The number of nitrogens with two attached hydrogens (primary N) is 1. The first-order chi connectivity index (χ1) is 13.9. The predicted octanol–water partition coefficient (Wildman–Crippen LogP) is 4.34. The number of hydrogen-bond donors (Lipinski definition) is 3. The highest BCUT2D eigenvalue weighted by Gasteiger charge is 2.30. The number of benzene rings is 2. The second-order valence-corrected chi connectivity index (χ2v) is 6.27. The summed E-state index contributed by atoms with van der Waals surface area (Å²) >= 11 is 0. The molecule has 0 unspecified atom stereocenters. The SMILES string of the molecule is COc1cccc2[nH]cc(CCNC(N)=NCc3ccc(OC(F)(F)F)cc3)c12.I. The minimum Gasteiger partial charge on any atom is -0.496 e. The molecule has 3 rings (SSSR count). The standard InChI is InChI=1S/C20H21F3N4O2.HI/c1-28-17-4-2-3-16-18(17)14(12-26-16)9-10-25-19(24)27-11-13-5-7-15(8-6-13)29-20(21,22)23;/h2-8,12,26H,9-11H2,1H3,(H3,24,25,27);1H. The van der Waals surface area contributed by atoms with Gasteiger partial charge in [-0.1, -0.05) is 18.2 Å². The Bertz CT molecular complexity index is 988. The number of fused-ring (bicyclic) bond motifs is 1. The van der Waals surface area contributed by atoms with Crippen molar-refractivity contribution < 1.29 is 22.6 Å². The van der Waals surface area contributed by atoms with Gasteiger partial charge in [0.25, 0.3) is 0 Å². The normalized spacial score (nSPS) is 11.8. The van der Waals surface area contributed by atoms with Gasteiger partial charge in [0, 0.05) is 23.6 Å². The maximum absolute atomic E-state index is 12.2. The Kier molecular flexibility index (Phi) is 8.21. The van der Waals surface area contributed by atoms with Gasteiger partial charge in [-0.2, -0.15) is 0 Å². The van der Waals surface area contributed by atoms with Gasteiger partial charge in [-0.05, 0) is 41.8 Å². The number of rotatable bonds is 7. The number of H-pyrrole nitrogens is 1. The molecule has 0 saturated heterocycles. The molecule has 0 aliphatic carbocycles. The van der Waals surface area contributed by atoms with Crippen LogP contribution in [0.15, 0.2) is 53.7 Å². The van der Waals surface area contributed by atoms with Crippen molar-refractivity contribution in [3.05, 3.63) is 59.8 Å². The number of ether oxygens (including phenoxy) is 2. The summed E-state index contributed by atoms with van der Waals surface area (Å²) in [5.41, 5.74) is 8.68. The molecule has 6 nitrogen and oxygen atoms in total. The second-order valence-electron chi connectivity index (χ2n) is 6.27. The summed E-state index contributed by atoms with van der Waals surface area (Å²) in [7, 11) is 1.64. The van der Waals surface area contributed by atoms with E-state index in [9.17, 15) is 13.2 Å². The third kappa shape index (κ3) is 6.44. The van der Waals surface area contributed by atoms with Crippen LogP contribution in [0.5, 0.6) is 11.5 Å². The van der Waals surface area contributed by atoms with Gasteiger partial charge in [-0.15, -0.1) is 37.1 Å². The van der Waals surface area contributed by atoms with Gasteiger partial charge in [0.1, 0.15) is 11.5 Å². The van der Waals surface area contributed by atoms with E-state index in [-0.39, 0.29) is 42.2 Å². The summed E-state index contributed by atoms with van der Waals surface area (Å²) in [5, 5.41) is 4.07. The van der Waals surface area contributed by atoms with E-state index in [0.29, 0.717) is 18.5 Å². The van der Waals surface area contributed by atoms with Crippen LogP contribution in [0.25, 0.3) is 10.9 Å². The minimum atomic E-state index is -4.71. The van der Waals surface area contributed by atoms with E-state index in [0.717, 1.165) is 22.2 Å². The van der Waals surface area contributed by atoms with Gasteiger partial charge in [0.15, 0.2) is 5.96 Å². The molecular formula is C20H22F3IN4O2. The van der Waals surface area contributed by atoms with Crippen LogP contribution in [-0.2, 0) is 13.0 Å². The van der Waals surface area contributed by atoms with Crippen LogP contribution >= 0.6 is 24.0 Å². The van der Waals surface area contributed by atoms with E-state index in [2.05, 4.69) is 20.0 Å². The van der Waals surface area contributed by atoms with E-state index in [4.69, 9.17) is 10.5 Å². The van der Waals surface area contributed by atoms with Gasteiger partial charge in [0.2, 0.25) is 0 Å². The number of nitrogens with one attached hydrogen (secondary N) is 2. The molecule has 0 radical (unpaired) electrons. The number of alkyl halides is 3. The summed E-state index contributed by atoms with van der Waals surface area (Å²) < 4.78 is 45.8. The molecule has 4 N–H and O–H groups in total. The lowest BCUT2D eigenvalue weighted by molar-refractivity contribution is -0.274. The Labute approximate surface area is 188 Å². The van der Waals surface area contributed by atoms with E-state index >= 15 is 0 Å². The summed E-state index contributed by atoms with van der Waals surface area (Å²) in [6.07, 6.45) is -2.06. The Hall–Kier alpha value is -2.63. The summed E-state index contributed by atoms with van der Waals surface area (Å²) in [6, 6.07) is 11.3. The van der Waals surface area contributed by atoms with Gasteiger partial charge in [0.05, 0.1) is 13.7 Å². The zero-order valence-electron chi connectivity index (χ0n) is 16.1. The lowest BCUT2D eigenvalue weighted by Gasteiger charge is -2.09. The zero-order valence-corrected chi connectivity index (χ0v) is 18.5. The Morgan fingerprint density at radius 1 is 1.17 bits per heavy atom. The van der Waals surface area contributed by atoms with Crippen molar-refractivity contribution in [2.45, 2.75) is 19.3 Å². The van der Waals surface area contributed by atoms with Gasteiger partial charge < -0.3 is 25.5 Å². The number of halogens is 4. The van der Waals surface area contributed by atoms with Crippen molar-refractivity contribution in [1.82, 2.24) is 10.3 Å². The topological polar surface area (TPSA) is 84.7 Å². The van der Waals surface area contributed by atoms with Crippen molar-refractivity contribution in [3.63, 3.8) is 0 Å². The highest BCUT2D eigenvalue weighted by atomic mass is 127. The molecule has 0 spiro atoms. The molecule has 10 heteroatoms. The monoisotopic (exact) mass is 534 g/mol. The van der Waals surface area contributed by atoms with Gasteiger partial charge in [-0.3, -0.25) is 0 Å². The molecule has 3 aromatic rings. The van der Waals surface area contributed by atoms with Crippen LogP contribution in [0.2, 0.25) is 0 Å². The van der Waals surface area contributed by atoms with E-state index in [1.165, 1.54) is 24.3 Å². The predicted molar refractivity (Wildman–Crippen MR) is 120 cm³/mol. The van der Waals surface area contributed by atoms with Crippen LogP contribution in [0.3, 0.4) is 0 Å². The molecule has 2 aromatic carbocycles. The maximum atomic E-state index is 12.2. The molecule has 0 aliphatic rings. The molecule has 30 heavy (non-hydrogen) atoms. The molecule has 0 saturated carbocycles. The van der Waals surface area contributed by atoms with Gasteiger partial charge in [-0.25, -0.2) is 4.99 Å². The van der Waals surface area contributed by atoms with Crippen molar-refractivity contribution in [3.8, 4) is 11.5 Å². The number of methoxy groups -OCH3 is 1. The van der Waals surface area contributed by atoms with Crippen molar-refractivity contribution in [1.29, 1.82) is 0 Å². The zero-order chi connectivity index (χ0) is 20.9. The number of aromatic amines is 1. The number of hydrogen-bond acceptors (Lipinski definition) is 3. The summed E-state index contributed by atoms with van der Waals surface area (Å²) in [6.45, 7) is 0.810. The Balaban J connectivity index is 0.00000320. The van der Waals surface area contributed by atoms with Crippen LogP contribution < -0.4 is 20.5 Å². The number of guanidine groups is 1. The Morgan fingerprint density at radius 2 is 1.90 bits per heavy atom. The molecular weight excluding hydrogens is 512 g/mol. The van der Waals surface area contributed by atoms with E-state index in [1.54, 1.807) is 7.11 Å². The second kappa shape index (κ2) is 10.4. The third-order valence-corrected chi connectivity index (χ3v) is 4.26. The average Bonchev–Trinajstić information content (AvgIpc) is 3.09. The Morgan fingerprint density at radius 3 is 2.57 bits per heavy atom. The minimum absolute atomic E-state index is 0.